The molecule has 0 aliphatic rings. The second-order valence-electron chi connectivity index (χ2n) is 6.78. The summed E-state index contributed by atoms with van der Waals surface area (Å²) in [6, 6.07) is 14.0. The van der Waals surface area contributed by atoms with Crippen molar-refractivity contribution in [3.8, 4) is 17.1 Å². The molecule has 5 nitrogen and oxygen atoms in total. The van der Waals surface area contributed by atoms with Crippen molar-refractivity contribution >= 4 is 21.6 Å². The number of hydrogen-bond acceptors (Lipinski definition) is 3. The molecule has 1 heterocycles. The molecule has 0 spiro atoms. The summed E-state index contributed by atoms with van der Waals surface area (Å²) < 4.78 is 25.1. The average molecular weight is 418 g/mol. The Labute approximate surface area is 171 Å². The summed E-state index contributed by atoms with van der Waals surface area (Å²) in [5.74, 6) is 0.758. The third-order valence-corrected chi connectivity index (χ3v) is 5.77. The van der Waals surface area contributed by atoms with Gasteiger partial charge < -0.3 is 0 Å². The minimum Gasteiger partial charge on any atom is -0.300 e. The molecule has 2 aromatic carbocycles. The van der Waals surface area contributed by atoms with Crippen LogP contribution in [0.2, 0.25) is 5.02 Å². The van der Waals surface area contributed by atoms with E-state index in [1.165, 1.54) is 31.4 Å². The molecule has 148 valence electrons. The van der Waals surface area contributed by atoms with E-state index in [9.17, 15) is 8.42 Å². The van der Waals surface area contributed by atoms with E-state index >= 15 is 0 Å². The summed E-state index contributed by atoms with van der Waals surface area (Å²) in [7, 11) is -3.72. The van der Waals surface area contributed by atoms with E-state index in [1.54, 1.807) is 12.1 Å². The van der Waals surface area contributed by atoms with Crippen molar-refractivity contribution in [3.63, 3.8) is 0 Å². The molecular formula is C21H24ClN3O2S. The van der Waals surface area contributed by atoms with Crippen molar-refractivity contribution in [3.05, 3.63) is 65.4 Å². The van der Waals surface area contributed by atoms with Crippen molar-refractivity contribution in [1.82, 2.24) is 9.55 Å². The summed E-state index contributed by atoms with van der Waals surface area (Å²) in [5, 5.41) is 5.87. The van der Waals surface area contributed by atoms with Crippen LogP contribution in [0.5, 0.6) is 0 Å². The number of sulfonamides is 1. The summed E-state index contributed by atoms with van der Waals surface area (Å²) in [6.07, 6.45) is 7.64. The molecule has 0 atom stereocenters. The summed E-state index contributed by atoms with van der Waals surface area (Å²) in [6.45, 7) is 2.19. The van der Waals surface area contributed by atoms with Gasteiger partial charge in [0.15, 0.2) is 0 Å². The van der Waals surface area contributed by atoms with Crippen molar-refractivity contribution < 1.29 is 8.42 Å². The van der Waals surface area contributed by atoms with Gasteiger partial charge in [-0.25, -0.2) is 18.5 Å². The van der Waals surface area contributed by atoms with E-state index in [0.717, 1.165) is 35.6 Å². The Balaban J connectivity index is 1.97. The summed E-state index contributed by atoms with van der Waals surface area (Å²) in [5.41, 5.74) is 2.78. The van der Waals surface area contributed by atoms with Gasteiger partial charge in [-0.15, -0.1) is 0 Å². The molecule has 0 fully saturated rings. The highest BCUT2D eigenvalue weighted by molar-refractivity contribution is 7.89. The summed E-state index contributed by atoms with van der Waals surface area (Å²) >= 11 is 6.03. The quantitative estimate of drug-likeness (QED) is 0.526. The molecule has 28 heavy (non-hydrogen) atoms. The zero-order valence-corrected chi connectivity index (χ0v) is 17.4. The van der Waals surface area contributed by atoms with Crippen LogP contribution in [0, 0.1) is 0 Å². The van der Waals surface area contributed by atoms with Crippen molar-refractivity contribution in [2.24, 2.45) is 5.14 Å². The van der Waals surface area contributed by atoms with Crippen LogP contribution in [-0.2, 0) is 16.4 Å². The second-order valence-corrected chi connectivity index (χ2v) is 8.78. The van der Waals surface area contributed by atoms with Gasteiger partial charge in [0.05, 0.1) is 10.6 Å². The molecule has 7 heteroatoms. The lowest BCUT2D eigenvalue weighted by atomic mass is 10.1. The standard InChI is InChI=1S/C21H24ClN3O2S/c1-2-3-4-5-6-18-15-25(19-11-9-17(22)10-12-19)21(24-18)16-7-13-20(14-8-16)28(23,26)27/h7-15H,2-6H2,1H3,(H2,23,26,27). The predicted molar refractivity (Wildman–Crippen MR) is 113 cm³/mol. The fourth-order valence-electron chi connectivity index (χ4n) is 3.08. The first-order chi connectivity index (χ1) is 13.4. The monoisotopic (exact) mass is 417 g/mol. The van der Waals surface area contributed by atoms with Crippen LogP contribution >= 0.6 is 11.6 Å². The molecule has 0 saturated heterocycles. The van der Waals surface area contributed by atoms with Gasteiger partial charge in [0.25, 0.3) is 0 Å². The van der Waals surface area contributed by atoms with Gasteiger partial charge in [-0.2, -0.15) is 0 Å². The molecule has 0 saturated carbocycles. The molecule has 1 aromatic heterocycles. The lowest BCUT2D eigenvalue weighted by molar-refractivity contribution is 0.598. The molecule has 0 unspecified atom stereocenters. The first-order valence-corrected chi connectivity index (χ1v) is 11.3. The number of aromatic nitrogens is 2. The van der Waals surface area contributed by atoms with Gasteiger partial charge in [-0.1, -0.05) is 37.8 Å². The van der Waals surface area contributed by atoms with Crippen molar-refractivity contribution in [2.45, 2.75) is 43.9 Å². The molecule has 0 aliphatic carbocycles. The molecule has 0 aliphatic heterocycles. The van der Waals surface area contributed by atoms with Crippen LogP contribution in [0.3, 0.4) is 0 Å². The third kappa shape index (κ3) is 5.01. The third-order valence-electron chi connectivity index (χ3n) is 4.59. The number of rotatable bonds is 8. The highest BCUT2D eigenvalue weighted by atomic mass is 35.5. The van der Waals surface area contributed by atoms with E-state index in [2.05, 4.69) is 6.92 Å². The Morgan fingerprint density at radius 2 is 1.68 bits per heavy atom. The Kier molecular flexibility index (Phi) is 6.54. The molecule has 0 radical (unpaired) electrons. The van der Waals surface area contributed by atoms with Gasteiger partial charge in [-0.05, 0) is 61.4 Å². The van der Waals surface area contributed by atoms with Crippen molar-refractivity contribution in [2.75, 3.05) is 0 Å². The molecule has 0 amide bonds. The van der Waals surface area contributed by atoms with Crippen LogP contribution < -0.4 is 5.14 Å². The first kappa shape index (κ1) is 20.6. The maximum absolute atomic E-state index is 11.5. The Bertz CT molecular complexity index is 1030. The number of hydrogen-bond donors (Lipinski definition) is 1. The van der Waals surface area contributed by atoms with Gasteiger partial charge in [0.1, 0.15) is 5.82 Å². The Morgan fingerprint density at radius 1 is 1.00 bits per heavy atom. The van der Waals surface area contributed by atoms with Gasteiger partial charge in [-0.3, -0.25) is 4.57 Å². The van der Waals surface area contributed by atoms with E-state index in [1.807, 2.05) is 35.0 Å². The molecular weight excluding hydrogens is 394 g/mol. The zero-order chi connectivity index (χ0) is 20.1. The highest BCUT2D eigenvalue weighted by Crippen LogP contribution is 2.26. The predicted octanol–water partition coefficient (Wildman–Crippen LogP) is 4.96. The van der Waals surface area contributed by atoms with E-state index < -0.39 is 10.0 Å². The Morgan fingerprint density at radius 3 is 2.29 bits per heavy atom. The SMILES string of the molecule is CCCCCCc1cn(-c2ccc(Cl)cc2)c(-c2ccc(S(N)(=O)=O)cc2)n1. The maximum atomic E-state index is 11.5. The van der Waals surface area contributed by atoms with Crippen LogP contribution in [-0.4, -0.2) is 18.0 Å². The van der Waals surface area contributed by atoms with E-state index in [4.69, 9.17) is 21.7 Å². The topological polar surface area (TPSA) is 78.0 Å². The number of aryl methyl sites for hydroxylation is 1. The molecule has 3 aromatic rings. The largest absolute Gasteiger partial charge is 0.300 e. The van der Waals surface area contributed by atoms with Gasteiger partial charge in [0.2, 0.25) is 10.0 Å². The lowest BCUT2D eigenvalue weighted by Gasteiger charge is -2.08. The number of halogens is 1. The molecule has 3 rings (SSSR count). The zero-order valence-electron chi connectivity index (χ0n) is 15.8. The normalized spacial score (nSPS) is 11.7. The van der Waals surface area contributed by atoms with Crippen molar-refractivity contribution in [1.29, 1.82) is 0 Å². The first-order valence-electron chi connectivity index (χ1n) is 9.36. The number of imidazole rings is 1. The maximum Gasteiger partial charge on any atom is 0.238 e. The number of nitrogens with two attached hydrogens (primary N) is 1. The summed E-state index contributed by atoms with van der Waals surface area (Å²) in [4.78, 5) is 4.90. The van der Waals surface area contributed by atoms with Crippen LogP contribution in [0.1, 0.15) is 38.3 Å². The number of unbranched alkanes of at least 4 members (excludes halogenated alkanes) is 3. The Hall–Kier alpha value is -2.15. The minimum absolute atomic E-state index is 0.0839. The van der Waals surface area contributed by atoms with Crippen LogP contribution in [0.15, 0.2) is 59.6 Å². The smallest absolute Gasteiger partial charge is 0.238 e. The van der Waals surface area contributed by atoms with Crippen LogP contribution in [0.25, 0.3) is 17.1 Å². The second kappa shape index (κ2) is 8.90. The van der Waals surface area contributed by atoms with Crippen LogP contribution in [0.4, 0.5) is 0 Å². The van der Waals surface area contributed by atoms with Gasteiger partial charge >= 0.3 is 0 Å². The number of benzene rings is 2. The lowest BCUT2D eigenvalue weighted by Crippen LogP contribution is -2.11. The highest BCUT2D eigenvalue weighted by Gasteiger charge is 2.14. The number of primary sulfonamides is 1. The minimum atomic E-state index is -3.72. The van der Waals surface area contributed by atoms with E-state index in [-0.39, 0.29) is 4.90 Å². The van der Waals surface area contributed by atoms with E-state index in [0.29, 0.717) is 5.02 Å². The van der Waals surface area contributed by atoms with Gasteiger partial charge in [0, 0.05) is 22.5 Å². The fraction of sp³-hybridized carbons (Fsp3) is 0.286. The number of nitrogens with zero attached hydrogens (tertiary/aromatic N) is 2. The average Bonchev–Trinajstić information content (AvgIpc) is 3.09. The molecule has 0 bridgehead atoms. The molecule has 2 N–H and O–H groups in total. The fourth-order valence-corrected chi connectivity index (χ4v) is 3.72.